The molecule has 0 saturated carbocycles. The monoisotopic (exact) mass is 236 g/mol. The van der Waals surface area contributed by atoms with Gasteiger partial charge >= 0.3 is 0 Å². The van der Waals surface area contributed by atoms with Crippen LogP contribution < -0.4 is 10.2 Å². The van der Waals surface area contributed by atoms with E-state index in [9.17, 15) is 9.18 Å². The molecule has 0 fully saturated rings. The van der Waals surface area contributed by atoms with E-state index in [1.165, 1.54) is 6.07 Å². The molecule has 0 aromatic heterocycles. The Morgan fingerprint density at radius 3 is 2.76 bits per heavy atom. The first kappa shape index (κ1) is 11.9. The zero-order chi connectivity index (χ0) is 12.6. The predicted molar refractivity (Wildman–Crippen MR) is 66.9 cm³/mol. The van der Waals surface area contributed by atoms with E-state index in [2.05, 4.69) is 24.1 Å². The molecule has 0 spiro atoms. The maximum Gasteiger partial charge on any atom is 0.226 e. The lowest BCUT2D eigenvalue weighted by Gasteiger charge is -2.28. The highest BCUT2D eigenvalue weighted by Crippen LogP contribution is 2.32. The number of nitrogens with one attached hydrogen (secondary N) is 1. The third-order valence-electron chi connectivity index (χ3n) is 3.06. The smallest absolute Gasteiger partial charge is 0.226 e. The molecule has 17 heavy (non-hydrogen) atoms. The fourth-order valence-corrected chi connectivity index (χ4v) is 2.10. The fraction of sp³-hybridized carbons (Fsp3) is 0.462. The quantitative estimate of drug-likeness (QED) is 0.813. The van der Waals surface area contributed by atoms with Crippen molar-refractivity contribution >= 4 is 17.3 Å². The number of rotatable bonds is 1. The largest absolute Gasteiger partial charge is 0.367 e. The molecule has 0 saturated heterocycles. The maximum absolute atomic E-state index is 13.5. The molecule has 0 radical (unpaired) electrons. The number of carbonyl (C=O) groups is 1. The van der Waals surface area contributed by atoms with Crippen molar-refractivity contribution in [2.45, 2.75) is 33.2 Å². The highest BCUT2D eigenvalue weighted by molar-refractivity contribution is 5.96. The summed E-state index contributed by atoms with van der Waals surface area (Å²) in [6.45, 7) is 6.54. The molecule has 1 aliphatic heterocycles. The van der Waals surface area contributed by atoms with Crippen LogP contribution in [-0.2, 0) is 4.79 Å². The number of benzene rings is 1. The van der Waals surface area contributed by atoms with Crippen LogP contribution in [-0.4, -0.2) is 18.5 Å². The van der Waals surface area contributed by atoms with Gasteiger partial charge in [-0.1, -0.05) is 0 Å². The Balaban J connectivity index is 2.53. The number of aryl methyl sites for hydroxylation is 1. The molecule has 1 N–H and O–H groups in total. The molecule has 2 rings (SSSR count). The fourth-order valence-electron chi connectivity index (χ4n) is 2.10. The Bertz CT molecular complexity index is 457. The van der Waals surface area contributed by atoms with Gasteiger partial charge in [-0.3, -0.25) is 4.79 Å². The van der Waals surface area contributed by atoms with E-state index in [1.54, 1.807) is 13.0 Å². The van der Waals surface area contributed by atoms with Crippen LogP contribution >= 0.6 is 0 Å². The van der Waals surface area contributed by atoms with Crippen molar-refractivity contribution in [1.29, 1.82) is 0 Å². The van der Waals surface area contributed by atoms with Crippen LogP contribution in [0, 0.1) is 12.7 Å². The second kappa shape index (κ2) is 4.35. The zero-order valence-corrected chi connectivity index (χ0v) is 10.4. The minimum absolute atomic E-state index is 0.0577. The molecular formula is C13H17FN2O. The topological polar surface area (TPSA) is 32.3 Å². The van der Waals surface area contributed by atoms with Crippen LogP contribution in [0.4, 0.5) is 15.8 Å². The van der Waals surface area contributed by atoms with Gasteiger partial charge in [0.05, 0.1) is 11.4 Å². The Morgan fingerprint density at radius 1 is 1.41 bits per heavy atom. The molecular weight excluding hydrogens is 219 g/mol. The molecule has 92 valence electrons. The van der Waals surface area contributed by atoms with Crippen LogP contribution in [0.1, 0.15) is 25.8 Å². The number of anilines is 2. The third kappa shape index (κ3) is 2.25. The van der Waals surface area contributed by atoms with Crippen molar-refractivity contribution in [3.05, 3.63) is 23.5 Å². The van der Waals surface area contributed by atoms with Crippen LogP contribution in [0.25, 0.3) is 0 Å². The summed E-state index contributed by atoms with van der Waals surface area (Å²) in [7, 11) is 0. The van der Waals surface area contributed by atoms with Crippen molar-refractivity contribution in [1.82, 2.24) is 0 Å². The van der Waals surface area contributed by atoms with Crippen molar-refractivity contribution in [3.63, 3.8) is 0 Å². The summed E-state index contributed by atoms with van der Waals surface area (Å²) < 4.78 is 13.5. The summed E-state index contributed by atoms with van der Waals surface area (Å²) in [5.41, 5.74) is 2.08. The normalized spacial score (nSPS) is 15.6. The first-order chi connectivity index (χ1) is 7.99. The molecule has 1 aliphatic rings. The number of hydrogen-bond donors (Lipinski definition) is 1. The van der Waals surface area contributed by atoms with Gasteiger partial charge in [-0.15, -0.1) is 0 Å². The first-order valence-electron chi connectivity index (χ1n) is 5.85. The summed E-state index contributed by atoms with van der Waals surface area (Å²) in [5.74, 6) is -0.340. The number of carbonyl (C=O) groups excluding carboxylic acids is 1. The van der Waals surface area contributed by atoms with E-state index in [4.69, 9.17) is 0 Å². The lowest BCUT2D eigenvalue weighted by molar-refractivity contribution is -0.115. The molecule has 1 amide bonds. The lowest BCUT2D eigenvalue weighted by atomic mass is 10.1. The van der Waals surface area contributed by atoms with E-state index < -0.39 is 0 Å². The van der Waals surface area contributed by atoms with Gasteiger partial charge in [0.1, 0.15) is 5.82 Å². The summed E-state index contributed by atoms with van der Waals surface area (Å²) in [5, 5.41) is 2.75. The second-order valence-corrected chi connectivity index (χ2v) is 4.70. The average molecular weight is 236 g/mol. The Kier molecular flexibility index (Phi) is 3.05. The van der Waals surface area contributed by atoms with Gasteiger partial charge < -0.3 is 10.2 Å². The van der Waals surface area contributed by atoms with E-state index in [0.29, 0.717) is 24.2 Å². The SMILES string of the molecule is Cc1cc2c(cc1F)NC(=O)CCN2C(C)C. The van der Waals surface area contributed by atoms with Crippen LogP contribution in [0.5, 0.6) is 0 Å². The Hall–Kier alpha value is -1.58. The van der Waals surface area contributed by atoms with Gasteiger partial charge in [-0.05, 0) is 38.5 Å². The van der Waals surface area contributed by atoms with Gasteiger partial charge in [-0.25, -0.2) is 4.39 Å². The third-order valence-corrected chi connectivity index (χ3v) is 3.06. The van der Waals surface area contributed by atoms with Gasteiger partial charge in [0, 0.05) is 19.0 Å². The summed E-state index contributed by atoms with van der Waals surface area (Å²) in [6.07, 6.45) is 0.438. The van der Waals surface area contributed by atoms with Gasteiger partial charge in [0.25, 0.3) is 0 Å². The highest BCUT2D eigenvalue weighted by atomic mass is 19.1. The van der Waals surface area contributed by atoms with E-state index in [-0.39, 0.29) is 17.8 Å². The molecule has 0 atom stereocenters. The highest BCUT2D eigenvalue weighted by Gasteiger charge is 2.22. The predicted octanol–water partition coefficient (Wildman–Crippen LogP) is 2.69. The van der Waals surface area contributed by atoms with Crippen molar-refractivity contribution in [2.24, 2.45) is 0 Å². The minimum atomic E-state index is -0.283. The number of fused-ring (bicyclic) bond motifs is 1. The van der Waals surface area contributed by atoms with Crippen LogP contribution in [0.15, 0.2) is 12.1 Å². The van der Waals surface area contributed by atoms with Gasteiger partial charge in [0.2, 0.25) is 5.91 Å². The summed E-state index contributed by atoms with van der Waals surface area (Å²) >= 11 is 0. The van der Waals surface area contributed by atoms with Crippen LogP contribution in [0.3, 0.4) is 0 Å². The van der Waals surface area contributed by atoms with E-state index in [0.717, 1.165) is 5.69 Å². The lowest BCUT2D eigenvalue weighted by Crippen LogP contribution is -2.31. The van der Waals surface area contributed by atoms with E-state index in [1.807, 2.05) is 0 Å². The average Bonchev–Trinajstić information content (AvgIpc) is 2.38. The summed E-state index contributed by atoms with van der Waals surface area (Å²) in [4.78, 5) is 13.7. The molecule has 1 heterocycles. The Labute approximate surface area is 101 Å². The molecule has 0 aliphatic carbocycles. The summed E-state index contributed by atoms with van der Waals surface area (Å²) in [6, 6.07) is 3.49. The molecule has 3 nitrogen and oxygen atoms in total. The first-order valence-corrected chi connectivity index (χ1v) is 5.85. The number of nitrogens with zero attached hydrogens (tertiary/aromatic N) is 1. The number of halogens is 1. The van der Waals surface area contributed by atoms with Crippen LogP contribution in [0.2, 0.25) is 0 Å². The van der Waals surface area contributed by atoms with Gasteiger partial charge in [-0.2, -0.15) is 0 Å². The number of amides is 1. The maximum atomic E-state index is 13.5. The molecule has 1 aromatic rings. The molecule has 1 aromatic carbocycles. The minimum Gasteiger partial charge on any atom is -0.367 e. The van der Waals surface area contributed by atoms with Crippen molar-refractivity contribution < 1.29 is 9.18 Å². The zero-order valence-electron chi connectivity index (χ0n) is 10.4. The standard InChI is InChI=1S/C13H17FN2O/c1-8(2)16-5-4-13(17)15-11-7-10(14)9(3)6-12(11)16/h6-8H,4-5H2,1-3H3,(H,15,17). The van der Waals surface area contributed by atoms with E-state index >= 15 is 0 Å². The van der Waals surface area contributed by atoms with Crippen molar-refractivity contribution in [2.75, 3.05) is 16.8 Å². The number of hydrogen-bond acceptors (Lipinski definition) is 2. The second-order valence-electron chi connectivity index (χ2n) is 4.70. The Morgan fingerprint density at radius 2 is 2.12 bits per heavy atom. The molecule has 0 bridgehead atoms. The van der Waals surface area contributed by atoms with Gasteiger partial charge in [0.15, 0.2) is 0 Å². The molecule has 4 heteroatoms. The molecule has 0 unspecified atom stereocenters. The van der Waals surface area contributed by atoms with Crippen molar-refractivity contribution in [3.8, 4) is 0 Å².